The molecule has 0 radical (unpaired) electrons. The number of likely N-dealkylation sites (N-methyl/N-ethyl adjacent to an activating group) is 1. The fourth-order valence-electron chi connectivity index (χ4n) is 3.93. The van der Waals surface area contributed by atoms with Crippen molar-refractivity contribution in [3.8, 4) is 5.75 Å². The minimum Gasteiger partial charge on any atom is -0.486 e. The fraction of sp³-hybridized carbons (Fsp3) is 0.280. The molecule has 4 rings (SSSR count). The topological polar surface area (TPSA) is 57.7 Å². The van der Waals surface area contributed by atoms with Crippen LogP contribution in [0.3, 0.4) is 0 Å². The van der Waals surface area contributed by atoms with Crippen molar-refractivity contribution in [3.63, 3.8) is 0 Å². The van der Waals surface area contributed by atoms with Crippen molar-refractivity contribution in [1.82, 2.24) is 10.3 Å². The highest BCUT2D eigenvalue weighted by Crippen LogP contribution is 2.32. The van der Waals surface area contributed by atoms with Gasteiger partial charge in [-0.2, -0.15) is 0 Å². The van der Waals surface area contributed by atoms with Gasteiger partial charge in [0.15, 0.2) is 0 Å². The molecule has 1 amide bonds. The number of hydrogen-bond donors (Lipinski definition) is 1. The van der Waals surface area contributed by atoms with Gasteiger partial charge in [-0.25, -0.2) is 13.8 Å². The first kappa shape index (κ1) is 22.7. The third kappa shape index (κ3) is 5.12. The predicted molar refractivity (Wildman–Crippen MR) is 124 cm³/mol. The maximum atomic E-state index is 14.6. The molecule has 3 aromatic rings. The second-order valence-corrected chi connectivity index (χ2v) is 7.95. The number of pyridine rings is 1. The van der Waals surface area contributed by atoms with Crippen LogP contribution >= 0.6 is 0 Å². The number of aromatic nitrogens is 1. The first-order valence-electron chi connectivity index (χ1n) is 10.8. The van der Waals surface area contributed by atoms with E-state index in [4.69, 9.17) is 4.74 Å². The number of benzene rings is 2. The molecule has 0 aliphatic carbocycles. The van der Waals surface area contributed by atoms with Gasteiger partial charge in [0.2, 0.25) is 0 Å². The zero-order chi connectivity index (χ0) is 23.4. The minimum atomic E-state index is -0.522. The Labute approximate surface area is 191 Å². The van der Waals surface area contributed by atoms with Crippen LogP contribution < -0.4 is 19.9 Å². The number of carbonyl (C=O) groups is 1. The van der Waals surface area contributed by atoms with Crippen LogP contribution in [0.4, 0.5) is 20.3 Å². The van der Waals surface area contributed by atoms with Crippen LogP contribution in [0.5, 0.6) is 5.75 Å². The van der Waals surface area contributed by atoms with Gasteiger partial charge in [0.05, 0.1) is 11.3 Å². The lowest BCUT2D eigenvalue weighted by Crippen LogP contribution is -2.33. The molecule has 172 valence electrons. The molecule has 1 N–H and O–H groups in total. The third-order valence-electron chi connectivity index (χ3n) is 5.61. The Balaban J connectivity index is 1.65. The second kappa shape index (κ2) is 9.95. The van der Waals surface area contributed by atoms with Gasteiger partial charge in [-0.3, -0.25) is 4.79 Å². The first-order chi connectivity index (χ1) is 16.0. The van der Waals surface area contributed by atoms with E-state index in [1.54, 1.807) is 36.5 Å². The standard InChI is InChI=1S/C25H26F2N4O2/c1-28-10-8-23(17-5-3-6-18(26)13-17)33-21-15-19(27)14-20(16-21)31-12-11-30(2)24-22(25(31)32)7-4-9-29-24/h3-7,9,13-16,23,28H,8,10-12H2,1-2H3. The van der Waals surface area contributed by atoms with Crippen molar-refractivity contribution in [3.05, 3.63) is 83.6 Å². The molecule has 8 heteroatoms. The van der Waals surface area contributed by atoms with E-state index in [2.05, 4.69) is 10.3 Å². The molecule has 1 aliphatic rings. The lowest BCUT2D eigenvalue weighted by molar-refractivity contribution is 0.0990. The Hall–Kier alpha value is -3.52. The van der Waals surface area contributed by atoms with Gasteiger partial charge in [-0.1, -0.05) is 12.1 Å². The summed E-state index contributed by atoms with van der Waals surface area (Å²) in [5.74, 6) is -0.276. The maximum absolute atomic E-state index is 14.6. The molecule has 1 unspecified atom stereocenters. The number of ether oxygens (including phenoxy) is 1. The summed E-state index contributed by atoms with van der Waals surface area (Å²) in [4.78, 5) is 21.0. The molecule has 0 spiro atoms. The Bertz CT molecular complexity index is 1140. The number of hydrogen-bond acceptors (Lipinski definition) is 5. The van der Waals surface area contributed by atoms with Crippen LogP contribution in [0.1, 0.15) is 28.4 Å². The molecule has 0 fully saturated rings. The number of halogens is 2. The molecule has 33 heavy (non-hydrogen) atoms. The van der Waals surface area contributed by atoms with Crippen LogP contribution in [0.25, 0.3) is 0 Å². The summed E-state index contributed by atoms with van der Waals surface area (Å²) in [6.07, 6.45) is 1.71. The Morgan fingerprint density at radius 3 is 2.73 bits per heavy atom. The van der Waals surface area contributed by atoms with Crippen LogP contribution in [-0.2, 0) is 0 Å². The summed E-state index contributed by atoms with van der Waals surface area (Å²) in [7, 11) is 3.69. The third-order valence-corrected chi connectivity index (χ3v) is 5.61. The Morgan fingerprint density at radius 2 is 1.94 bits per heavy atom. The van der Waals surface area contributed by atoms with Gasteiger partial charge in [-0.05, 0) is 49.5 Å². The Morgan fingerprint density at radius 1 is 1.09 bits per heavy atom. The van der Waals surface area contributed by atoms with Gasteiger partial charge >= 0.3 is 0 Å². The molecule has 1 aliphatic heterocycles. The van der Waals surface area contributed by atoms with Crippen LogP contribution in [0.2, 0.25) is 0 Å². The van der Waals surface area contributed by atoms with E-state index in [0.717, 1.165) is 0 Å². The molecule has 1 atom stereocenters. The second-order valence-electron chi connectivity index (χ2n) is 7.95. The highest BCUT2D eigenvalue weighted by molar-refractivity contribution is 6.09. The average molecular weight is 453 g/mol. The molecule has 2 aromatic carbocycles. The minimum absolute atomic E-state index is 0.254. The molecule has 0 bridgehead atoms. The predicted octanol–water partition coefficient (Wildman–Crippen LogP) is 4.19. The van der Waals surface area contributed by atoms with Gasteiger partial charge < -0.3 is 19.9 Å². The average Bonchev–Trinajstić information content (AvgIpc) is 2.93. The zero-order valence-electron chi connectivity index (χ0n) is 18.6. The van der Waals surface area contributed by atoms with Crippen molar-refractivity contribution in [1.29, 1.82) is 0 Å². The summed E-state index contributed by atoms with van der Waals surface area (Å²) < 4.78 is 34.6. The van der Waals surface area contributed by atoms with Crippen molar-refractivity contribution in [2.75, 3.05) is 43.5 Å². The van der Waals surface area contributed by atoms with E-state index < -0.39 is 11.9 Å². The highest BCUT2D eigenvalue weighted by Gasteiger charge is 2.27. The van der Waals surface area contributed by atoms with Gasteiger partial charge in [-0.15, -0.1) is 0 Å². The number of rotatable bonds is 7. The number of nitrogens with zero attached hydrogens (tertiary/aromatic N) is 3. The molecule has 1 aromatic heterocycles. The normalized spacial score (nSPS) is 14.6. The molecule has 6 nitrogen and oxygen atoms in total. The van der Waals surface area contributed by atoms with E-state index in [1.165, 1.54) is 29.2 Å². The SMILES string of the molecule is CNCCC(Oc1cc(F)cc(N2CCN(C)c3ncccc3C2=O)c1)c1cccc(F)c1. The quantitative estimate of drug-likeness (QED) is 0.583. The van der Waals surface area contributed by atoms with E-state index in [-0.39, 0.29) is 17.5 Å². The molecule has 0 saturated carbocycles. The largest absolute Gasteiger partial charge is 0.486 e. The first-order valence-corrected chi connectivity index (χ1v) is 10.8. The monoisotopic (exact) mass is 452 g/mol. The summed E-state index contributed by atoms with van der Waals surface area (Å²) >= 11 is 0. The summed E-state index contributed by atoms with van der Waals surface area (Å²) in [5.41, 5.74) is 1.51. The van der Waals surface area contributed by atoms with Crippen LogP contribution in [0.15, 0.2) is 60.8 Å². The van der Waals surface area contributed by atoms with Crippen molar-refractivity contribution >= 4 is 17.4 Å². The van der Waals surface area contributed by atoms with E-state index >= 15 is 0 Å². The van der Waals surface area contributed by atoms with Crippen LogP contribution in [0, 0.1) is 11.6 Å². The van der Waals surface area contributed by atoms with Crippen molar-refractivity contribution in [2.24, 2.45) is 0 Å². The van der Waals surface area contributed by atoms with E-state index in [0.29, 0.717) is 48.7 Å². The van der Waals surface area contributed by atoms with E-state index in [9.17, 15) is 13.6 Å². The van der Waals surface area contributed by atoms with Gasteiger partial charge in [0, 0.05) is 44.9 Å². The molecular formula is C25H26F2N4O2. The Kier molecular flexibility index (Phi) is 6.84. The van der Waals surface area contributed by atoms with Crippen LogP contribution in [-0.4, -0.2) is 44.6 Å². The smallest absolute Gasteiger partial charge is 0.262 e. The lowest BCUT2D eigenvalue weighted by atomic mass is 10.1. The summed E-state index contributed by atoms with van der Waals surface area (Å²) in [5, 5.41) is 3.06. The number of nitrogens with one attached hydrogen (secondary N) is 1. The van der Waals surface area contributed by atoms with Gasteiger partial charge in [0.1, 0.15) is 29.3 Å². The number of fused-ring (bicyclic) bond motifs is 1. The number of carbonyl (C=O) groups excluding carboxylic acids is 1. The zero-order valence-corrected chi connectivity index (χ0v) is 18.6. The van der Waals surface area contributed by atoms with E-state index in [1.807, 2.05) is 19.0 Å². The summed E-state index contributed by atoms with van der Waals surface area (Å²) in [6.45, 7) is 1.53. The maximum Gasteiger partial charge on any atom is 0.262 e. The fourth-order valence-corrected chi connectivity index (χ4v) is 3.93. The number of amides is 1. The molecular weight excluding hydrogens is 426 g/mol. The van der Waals surface area contributed by atoms with Gasteiger partial charge in [0.25, 0.3) is 5.91 Å². The lowest BCUT2D eigenvalue weighted by Gasteiger charge is -2.24. The highest BCUT2D eigenvalue weighted by atomic mass is 19.1. The molecule has 2 heterocycles. The number of anilines is 2. The van der Waals surface area contributed by atoms with Crippen molar-refractivity contribution < 1.29 is 18.3 Å². The summed E-state index contributed by atoms with van der Waals surface area (Å²) in [6, 6.07) is 13.8. The van der Waals surface area contributed by atoms with Crippen molar-refractivity contribution in [2.45, 2.75) is 12.5 Å². The molecule has 0 saturated heterocycles.